The van der Waals surface area contributed by atoms with Gasteiger partial charge in [0.15, 0.2) is 11.5 Å². The van der Waals surface area contributed by atoms with Crippen LogP contribution >= 0.6 is 0 Å². The lowest BCUT2D eigenvalue weighted by Gasteiger charge is -2.16. The van der Waals surface area contributed by atoms with Crippen molar-refractivity contribution in [2.24, 2.45) is 0 Å². The summed E-state index contributed by atoms with van der Waals surface area (Å²) in [7, 11) is 3.07. The Balaban J connectivity index is 0.00000166. The number of aromatic amines is 3. The third kappa shape index (κ3) is 5.53. The molecule has 0 bridgehead atoms. The summed E-state index contributed by atoms with van der Waals surface area (Å²) in [6.45, 7) is 10.1. The molecule has 0 aliphatic carbocycles. The maximum atomic E-state index is 12.5. The van der Waals surface area contributed by atoms with Crippen molar-refractivity contribution in [1.29, 1.82) is 0 Å². The molecule has 0 spiro atoms. The van der Waals surface area contributed by atoms with E-state index in [0.717, 1.165) is 5.69 Å². The molecule has 0 saturated carbocycles. The summed E-state index contributed by atoms with van der Waals surface area (Å²) in [6, 6.07) is 5.21. The smallest absolute Gasteiger partial charge is 0.272 e. The second kappa shape index (κ2) is 9.97. The molecule has 3 N–H and O–H groups in total. The van der Waals surface area contributed by atoms with E-state index < -0.39 is 11.1 Å². The molecular weight excluding hydrogens is 396 g/mol. The number of imidazole rings is 1. The summed E-state index contributed by atoms with van der Waals surface area (Å²) in [5.41, 5.74) is 1.14. The van der Waals surface area contributed by atoms with Crippen LogP contribution in [0.2, 0.25) is 0 Å². The molecule has 0 aliphatic heterocycles. The third-order valence-corrected chi connectivity index (χ3v) is 4.40. The molecule has 1 aromatic carbocycles. The van der Waals surface area contributed by atoms with Crippen molar-refractivity contribution in [3.63, 3.8) is 0 Å². The van der Waals surface area contributed by atoms with Crippen LogP contribution in [0, 0.1) is 0 Å². The van der Waals surface area contributed by atoms with Crippen LogP contribution in [0.4, 0.5) is 0 Å². The van der Waals surface area contributed by atoms with E-state index in [1.807, 2.05) is 34.6 Å². The van der Waals surface area contributed by atoms with Crippen LogP contribution in [0.5, 0.6) is 11.5 Å². The minimum atomic E-state index is -0.418. The zero-order valence-corrected chi connectivity index (χ0v) is 19.0. The first-order valence-corrected chi connectivity index (χ1v) is 10.0. The number of H-pyrrole nitrogens is 3. The fraction of sp³-hybridized carbons (Fsp3) is 0.348. The Hall–Kier alpha value is -3.55. The van der Waals surface area contributed by atoms with Gasteiger partial charge in [-0.05, 0) is 29.8 Å². The third-order valence-electron chi connectivity index (χ3n) is 4.40. The van der Waals surface area contributed by atoms with Crippen LogP contribution < -0.4 is 31.3 Å². The molecule has 0 radical (unpaired) electrons. The van der Waals surface area contributed by atoms with Crippen LogP contribution in [0.15, 0.2) is 34.1 Å². The molecule has 0 unspecified atom stereocenters. The number of methoxy groups -OCH3 is 2. The van der Waals surface area contributed by atoms with E-state index in [-0.39, 0.29) is 16.1 Å². The number of rotatable bonds is 4. The molecule has 0 aliphatic rings. The quantitative estimate of drug-likeness (QED) is 0.589. The zero-order valence-electron chi connectivity index (χ0n) is 19.0. The molecule has 0 atom stereocenters. The van der Waals surface area contributed by atoms with E-state index in [9.17, 15) is 9.59 Å². The molecule has 8 heteroatoms. The van der Waals surface area contributed by atoms with Gasteiger partial charge >= 0.3 is 0 Å². The molecule has 2 heterocycles. The van der Waals surface area contributed by atoms with Crippen LogP contribution in [0.3, 0.4) is 0 Å². The number of aromatic nitrogens is 4. The minimum Gasteiger partial charge on any atom is -0.493 e. The van der Waals surface area contributed by atoms with E-state index in [1.165, 1.54) is 7.11 Å². The Morgan fingerprint density at radius 3 is 2.03 bits per heavy atom. The standard InChI is InChI=1S/C21H24N4O4.C2H6/c1-21(2,3)18-13(22-11-23-18)10-15-20(27)24-14(19(26)25-15)8-12-6-7-16(28-4)17(9-12)29-5;1-2/h6-11H,1-5H3,(H,22,23)(H,24,27)(H,25,26);1-2H3/b14-8-,15-10-;. The van der Waals surface area contributed by atoms with Crippen LogP contribution in [-0.4, -0.2) is 34.2 Å². The molecule has 0 saturated heterocycles. The lowest BCUT2D eigenvalue weighted by Crippen LogP contribution is -2.46. The predicted octanol–water partition coefficient (Wildman–Crippen LogP) is 1.78. The first kappa shape index (κ1) is 23.7. The maximum absolute atomic E-state index is 12.5. The molecule has 3 rings (SSSR count). The van der Waals surface area contributed by atoms with E-state index in [1.54, 1.807) is 43.8 Å². The van der Waals surface area contributed by atoms with Gasteiger partial charge in [0.1, 0.15) is 10.7 Å². The Kier molecular flexibility index (Phi) is 7.63. The summed E-state index contributed by atoms with van der Waals surface area (Å²) >= 11 is 0. The fourth-order valence-electron chi connectivity index (χ4n) is 2.96. The van der Waals surface area contributed by atoms with E-state index >= 15 is 0 Å². The highest BCUT2D eigenvalue weighted by atomic mass is 16.5. The highest BCUT2D eigenvalue weighted by molar-refractivity contribution is 5.55. The summed E-state index contributed by atoms with van der Waals surface area (Å²) in [5, 5.41) is 0.273. The second-order valence-electron chi connectivity index (χ2n) is 7.55. The van der Waals surface area contributed by atoms with Gasteiger partial charge in [-0.15, -0.1) is 0 Å². The highest BCUT2D eigenvalue weighted by Crippen LogP contribution is 2.27. The van der Waals surface area contributed by atoms with E-state index in [4.69, 9.17) is 9.47 Å². The highest BCUT2D eigenvalue weighted by Gasteiger charge is 2.19. The fourth-order valence-corrected chi connectivity index (χ4v) is 2.96. The monoisotopic (exact) mass is 426 g/mol. The van der Waals surface area contributed by atoms with Crippen LogP contribution in [0.1, 0.15) is 51.6 Å². The first-order valence-electron chi connectivity index (χ1n) is 10.0. The van der Waals surface area contributed by atoms with Crippen LogP contribution in [-0.2, 0) is 5.41 Å². The van der Waals surface area contributed by atoms with Gasteiger partial charge in [-0.25, -0.2) is 4.98 Å². The molecule has 0 fully saturated rings. The van der Waals surface area contributed by atoms with E-state index in [2.05, 4.69) is 19.9 Å². The average molecular weight is 427 g/mol. The van der Waals surface area contributed by atoms with Gasteiger partial charge in [-0.3, -0.25) is 9.59 Å². The number of nitrogens with zero attached hydrogens (tertiary/aromatic N) is 1. The van der Waals surface area contributed by atoms with Crippen molar-refractivity contribution in [2.75, 3.05) is 14.2 Å². The summed E-state index contributed by atoms with van der Waals surface area (Å²) in [4.78, 5) is 37.7. The SMILES string of the molecule is CC.COc1ccc(/C=c2\[nH]c(=O)/c(=C/c3nc[nH]c3C(C)(C)C)[nH]c2=O)cc1OC. The van der Waals surface area contributed by atoms with Gasteiger partial charge < -0.3 is 24.4 Å². The van der Waals surface area contributed by atoms with Gasteiger partial charge in [0, 0.05) is 11.1 Å². The first-order chi connectivity index (χ1) is 14.7. The average Bonchev–Trinajstić information content (AvgIpc) is 3.22. The molecule has 3 aromatic rings. The van der Waals surface area contributed by atoms with Crippen molar-refractivity contribution in [3.8, 4) is 11.5 Å². The normalized spacial score (nSPS) is 12.4. The Morgan fingerprint density at radius 2 is 1.48 bits per heavy atom. The zero-order chi connectivity index (χ0) is 23.2. The molecule has 166 valence electrons. The molecular formula is C23H30N4O4. The Labute approximate surface area is 180 Å². The maximum Gasteiger partial charge on any atom is 0.272 e. The van der Waals surface area contributed by atoms with Crippen molar-refractivity contribution < 1.29 is 9.47 Å². The van der Waals surface area contributed by atoms with Crippen molar-refractivity contribution in [1.82, 2.24) is 19.9 Å². The predicted molar refractivity (Wildman–Crippen MR) is 122 cm³/mol. The van der Waals surface area contributed by atoms with Crippen molar-refractivity contribution >= 4 is 12.2 Å². The molecule has 31 heavy (non-hydrogen) atoms. The topological polar surface area (TPSA) is 113 Å². The number of nitrogens with one attached hydrogen (secondary N) is 3. The van der Waals surface area contributed by atoms with Gasteiger partial charge in [-0.2, -0.15) is 0 Å². The Morgan fingerprint density at radius 1 is 0.903 bits per heavy atom. The molecule has 2 aromatic heterocycles. The lowest BCUT2D eigenvalue weighted by atomic mass is 9.90. The molecule has 8 nitrogen and oxygen atoms in total. The number of hydrogen-bond donors (Lipinski definition) is 3. The van der Waals surface area contributed by atoms with Crippen molar-refractivity contribution in [3.05, 3.63) is 72.9 Å². The van der Waals surface area contributed by atoms with Gasteiger partial charge in [0.25, 0.3) is 11.1 Å². The van der Waals surface area contributed by atoms with Gasteiger partial charge in [0.2, 0.25) is 0 Å². The van der Waals surface area contributed by atoms with Gasteiger partial charge in [0.05, 0.1) is 26.2 Å². The summed E-state index contributed by atoms with van der Waals surface area (Å²) < 4.78 is 10.5. The number of hydrogen-bond acceptors (Lipinski definition) is 5. The summed E-state index contributed by atoms with van der Waals surface area (Å²) in [5.74, 6) is 1.10. The second-order valence-corrected chi connectivity index (χ2v) is 7.55. The lowest BCUT2D eigenvalue weighted by molar-refractivity contribution is 0.355. The largest absolute Gasteiger partial charge is 0.493 e. The summed E-state index contributed by atoms with van der Waals surface area (Å²) in [6.07, 6.45) is 4.70. The molecule has 0 amide bonds. The number of benzene rings is 1. The van der Waals surface area contributed by atoms with Crippen molar-refractivity contribution in [2.45, 2.75) is 40.0 Å². The van der Waals surface area contributed by atoms with E-state index in [0.29, 0.717) is 22.8 Å². The minimum absolute atomic E-state index is 0.136. The van der Waals surface area contributed by atoms with Crippen LogP contribution in [0.25, 0.3) is 12.2 Å². The number of ether oxygens (including phenoxy) is 2. The van der Waals surface area contributed by atoms with Gasteiger partial charge in [-0.1, -0.05) is 40.7 Å². The Bertz CT molecular complexity index is 1260.